The molecule has 0 radical (unpaired) electrons. The number of carbonyl (C=O) groups is 2. The number of aryl methyl sites for hydroxylation is 1. The maximum Gasteiger partial charge on any atom is 0.361 e. The zero-order chi connectivity index (χ0) is 21.8. The van der Waals surface area contributed by atoms with Crippen LogP contribution in [-0.4, -0.2) is 37.9 Å². The summed E-state index contributed by atoms with van der Waals surface area (Å²) >= 11 is 0. The number of esters is 1. The highest BCUT2D eigenvalue weighted by molar-refractivity contribution is 5.97. The van der Waals surface area contributed by atoms with Gasteiger partial charge in [0.1, 0.15) is 0 Å². The van der Waals surface area contributed by atoms with Gasteiger partial charge in [-0.05, 0) is 38.1 Å². The van der Waals surface area contributed by atoms with Crippen molar-refractivity contribution in [3.05, 3.63) is 75.9 Å². The molecule has 2 aromatic carbocycles. The fraction of sp³-hybridized carbons (Fsp3) is 0.158. The van der Waals surface area contributed by atoms with E-state index in [4.69, 9.17) is 4.74 Å². The normalized spacial score (nSPS) is 11.6. The number of aromatic nitrogens is 3. The summed E-state index contributed by atoms with van der Waals surface area (Å²) < 4.78 is 18.5. The summed E-state index contributed by atoms with van der Waals surface area (Å²) in [7, 11) is 0. The zero-order valence-corrected chi connectivity index (χ0v) is 15.9. The molecule has 30 heavy (non-hydrogen) atoms. The number of nitro groups is 1. The summed E-state index contributed by atoms with van der Waals surface area (Å²) in [6, 6.07) is 11.8. The third-order valence-corrected chi connectivity index (χ3v) is 4.03. The zero-order valence-electron chi connectivity index (χ0n) is 15.9. The van der Waals surface area contributed by atoms with Crippen LogP contribution in [0.15, 0.2) is 48.5 Å². The van der Waals surface area contributed by atoms with Gasteiger partial charge in [-0.2, -0.15) is 14.3 Å². The van der Waals surface area contributed by atoms with Crippen LogP contribution in [0.3, 0.4) is 0 Å². The monoisotopic (exact) mass is 413 g/mol. The predicted octanol–water partition coefficient (Wildman–Crippen LogP) is 2.81. The molecule has 1 atom stereocenters. The number of hydrogen-bond donors (Lipinski definition) is 1. The quantitative estimate of drug-likeness (QED) is 0.374. The Morgan fingerprint density at radius 2 is 1.90 bits per heavy atom. The Labute approximate surface area is 169 Å². The molecule has 154 valence electrons. The van der Waals surface area contributed by atoms with Crippen LogP contribution in [0.4, 0.5) is 15.8 Å². The summed E-state index contributed by atoms with van der Waals surface area (Å²) in [4.78, 5) is 35.8. The molecule has 0 saturated carbocycles. The number of rotatable bonds is 6. The average Bonchev–Trinajstić information content (AvgIpc) is 3.11. The van der Waals surface area contributed by atoms with E-state index in [0.29, 0.717) is 11.4 Å². The lowest BCUT2D eigenvalue weighted by Gasteiger charge is -2.13. The first-order valence-corrected chi connectivity index (χ1v) is 8.71. The summed E-state index contributed by atoms with van der Waals surface area (Å²) in [5.74, 6) is -2.64. The van der Waals surface area contributed by atoms with E-state index in [-0.39, 0.29) is 11.4 Å². The molecule has 1 aromatic heterocycles. The molecule has 1 amide bonds. The van der Waals surface area contributed by atoms with Gasteiger partial charge in [0, 0.05) is 11.8 Å². The van der Waals surface area contributed by atoms with Gasteiger partial charge >= 0.3 is 11.7 Å². The van der Waals surface area contributed by atoms with Crippen molar-refractivity contribution in [2.45, 2.75) is 20.0 Å². The van der Waals surface area contributed by atoms with Crippen LogP contribution < -0.4 is 5.32 Å². The number of nitro benzene ring substituents is 1. The van der Waals surface area contributed by atoms with Crippen molar-refractivity contribution in [1.82, 2.24) is 15.0 Å². The topological polar surface area (TPSA) is 129 Å². The molecule has 0 unspecified atom stereocenters. The van der Waals surface area contributed by atoms with E-state index in [1.807, 2.05) is 6.07 Å². The van der Waals surface area contributed by atoms with E-state index < -0.39 is 34.4 Å². The summed E-state index contributed by atoms with van der Waals surface area (Å²) in [6.45, 7) is 2.90. The van der Waals surface area contributed by atoms with E-state index >= 15 is 0 Å². The second-order valence-electron chi connectivity index (χ2n) is 6.22. The predicted molar refractivity (Wildman–Crippen MR) is 103 cm³/mol. The molecular weight excluding hydrogens is 397 g/mol. The minimum Gasteiger partial charge on any atom is -0.448 e. The molecule has 11 heteroatoms. The molecule has 1 heterocycles. The first kappa shape index (κ1) is 20.6. The van der Waals surface area contributed by atoms with E-state index in [9.17, 15) is 24.1 Å². The highest BCUT2D eigenvalue weighted by Crippen LogP contribution is 2.22. The van der Waals surface area contributed by atoms with Crippen LogP contribution in [-0.2, 0) is 9.53 Å². The Bertz CT molecular complexity index is 1120. The molecule has 1 N–H and O–H groups in total. The van der Waals surface area contributed by atoms with Gasteiger partial charge in [-0.25, -0.2) is 4.79 Å². The standard InChI is InChI=1S/C19H16FN5O5/c1-11-17(23-24(22-11)14-6-4-3-5-7-14)19(27)30-12(2)18(26)21-13-8-9-15(20)16(10-13)25(28)29/h3-10,12H,1-2H3,(H,21,26)/t12-/m0/s1. The summed E-state index contributed by atoms with van der Waals surface area (Å²) in [6.07, 6.45) is -1.25. The molecule has 0 bridgehead atoms. The number of halogens is 1. The smallest absolute Gasteiger partial charge is 0.361 e. The maximum atomic E-state index is 13.4. The van der Waals surface area contributed by atoms with Gasteiger partial charge < -0.3 is 10.1 Å². The van der Waals surface area contributed by atoms with Gasteiger partial charge in [0.25, 0.3) is 5.91 Å². The Morgan fingerprint density at radius 1 is 1.20 bits per heavy atom. The van der Waals surface area contributed by atoms with E-state index in [1.165, 1.54) is 11.7 Å². The van der Waals surface area contributed by atoms with E-state index in [2.05, 4.69) is 15.5 Å². The number of ether oxygens (including phenoxy) is 1. The number of hydrogen-bond acceptors (Lipinski definition) is 7. The molecule has 3 rings (SSSR count). The highest BCUT2D eigenvalue weighted by Gasteiger charge is 2.24. The van der Waals surface area contributed by atoms with Gasteiger partial charge in [-0.3, -0.25) is 14.9 Å². The van der Waals surface area contributed by atoms with E-state index in [0.717, 1.165) is 18.2 Å². The Balaban J connectivity index is 1.69. The van der Waals surface area contributed by atoms with Crippen LogP contribution in [0.2, 0.25) is 0 Å². The van der Waals surface area contributed by atoms with Crippen molar-refractivity contribution < 1.29 is 23.6 Å². The largest absolute Gasteiger partial charge is 0.448 e. The van der Waals surface area contributed by atoms with Gasteiger partial charge in [-0.15, -0.1) is 5.10 Å². The second-order valence-corrected chi connectivity index (χ2v) is 6.22. The Hall–Kier alpha value is -4.15. The van der Waals surface area contributed by atoms with Crippen molar-refractivity contribution >= 4 is 23.3 Å². The van der Waals surface area contributed by atoms with Crippen LogP contribution in [0.5, 0.6) is 0 Å². The third-order valence-electron chi connectivity index (χ3n) is 4.03. The van der Waals surface area contributed by atoms with Crippen molar-refractivity contribution in [1.29, 1.82) is 0 Å². The second kappa shape index (κ2) is 8.47. The molecular formula is C19H16FN5O5. The summed E-state index contributed by atoms with van der Waals surface area (Å²) in [5.41, 5.74) is 0.0951. The molecule has 10 nitrogen and oxygen atoms in total. The van der Waals surface area contributed by atoms with Crippen molar-refractivity contribution in [3.8, 4) is 5.69 Å². The van der Waals surface area contributed by atoms with Crippen LogP contribution in [0.25, 0.3) is 5.69 Å². The Kier molecular flexibility index (Phi) is 5.81. The number of benzene rings is 2. The van der Waals surface area contributed by atoms with Gasteiger partial charge in [0.2, 0.25) is 5.82 Å². The van der Waals surface area contributed by atoms with Gasteiger partial charge in [0.15, 0.2) is 11.8 Å². The molecule has 3 aromatic rings. The maximum absolute atomic E-state index is 13.4. The van der Waals surface area contributed by atoms with Crippen molar-refractivity contribution in [2.24, 2.45) is 0 Å². The number of anilines is 1. The van der Waals surface area contributed by atoms with Crippen molar-refractivity contribution in [3.63, 3.8) is 0 Å². The van der Waals surface area contributed by atoms with Crippen LogP contribution >= 0.6 is 0 Å². The molecule has 0 fully saturated rings. The number of nitrogens with one attached hydrogen (secondary N) is 1. The molecule has 0 aliphatic carbocycles. The number of amides is 1. The first-order valence-electron chi connectivity index (χ1n) is 8.71. The van der Waals surface area contributed by atoms with E-state index in [1.54, 1.807) is 31.2 Å². The first-order chi connectivity index (χ1) is 14.3. The highest BCUT2D eigenvalue weighted by atomic mass is 19.1. The minimum absolute atomic E-state index is 0.0119. The lowest BCUT2D eigenvalue weighted by atomic mass is 10.2. The van der Waals surface area contributed by atoms with Crippen molar-refractivity contribution in [2.75, 3.05) is 5.32 Å². The molecule has 0 aliphatic heterocycles. The number of nitrogens with zero attached hydrogens (tertiary/aromatic N) is 4. The Morgan fingerprint density at radius 3 is 2.57 bits per heavy atom. The molecule has 0 saturated heterocycles. The molecule has 0 spiro atoms. The minimum atomic E-state index is -1.25. The van der Waals surface area contributed by atoms with Crippen LogP contribution in [0.1, 0.15) is 23.1 Å². The van der Waals surface area contributed by atoms with Crippen LogP contribution in [0, 0.1) is 22.9 Å². The third kappa shape index (κ3) is 4.46. The fourth-order valence-electron chi connectivity index (χ4n) is 2.49. The number of carbonyl (C=O) groups excluding carboxylic acids is 2. The SMILES string of the molecule is Cc1nn(-c2ccccc2)nc1C(=O)O[C@@H](C)C(=O)Nc1ccc(F)c([N+](=O)[O-])c1. The van der Waals surface area contributed by atoms with Gasteiger partial charge in [0.05, 0.1) is 16.3 Å². The summed E-state index contributed by atoms with van der Waals surface area (Å²) in [5, 5.41) is 21.4. The van der Waals surface area contributed by atoms with Gasteiger partial charge in [-0.1, -0.05) is 18.2 Å². The lowest BCUT2D eigenvalue weighted by molar-refractivity contribution is -0.387. The molecule has 0 aliphatic rings. The average molecular weight is 413 g/mol. The fourth-order valence-corrected chi connectivity index (χ4v) is 2.49. The number of para-hydroxylation sites is 1. The lowest BCUT2D eigenvalue weighted by Crippen LogP contribution is -2.30.